The summed E-state index contributed by atoms with van der Waals surface area (Å²) < 4.78 is 56.5. The summed E-state index contributed by atoms with van der Waals surface area (Å²) in [5.41, 5.74) is 4.56. The van der Waals surface area contributed by atoms with Crippen LogP contribution in [0, 0.1) is 0 Å². The number of esters is 2. The number of aliphatic hydroxyl groups is 4. The molecule has 2 heterocycles. The lowest BCUT2D eigenvalue weighted by atomic mass is 10.0. The number of carbonyl (C=O) groups excluding carboxylic acids is 2. The third-order valence-corrected chi connectivity index (χ3v) is 14.2. The Morgan fingerprint density at radius 3 is 1.92 bits per heavy atom. The van der Waals surface area contributed by atoms with Crippen molar-refractivity contribution in [2.24, 2.45) is 0 Å². The van der Waals surface area contributed by atoms with E-state index in [0.717, 1.165) is 75.0 Å². The zero-order valence-electron chi connectivity index (χ0n) is 42.4. The lowest BCUT2D eigenvalue weighted by Crippen LogP contribution is -2.36. The molecule has 0 aromatic carbocycles. The van der Waals surface area contributed by atoms with Gasteiger partial charge in [-0.25, -0.2) is 13.9 Å². The van der Waals surface area contributed by atoms with E-state index in [1.54, 1.807) is 6.08 Å². The first-order valence-corrected chi connectivity index (χ1v) is 28.8. The third kappa shape index (κ3) is 30.1. The highest BCUT2D eigenvalue weighted by atomic mass is 31.3. The van der Waals surface area contributed by atoms with Crippen LogP contribution in [0.25, 0.3) is 0 Å². The highest BCUT2D eigenvalue weighted by Crippen LogP contribution is 2.60. The first kappa shape index (κ1) is 64.8. The smallest absolute Gasteiger partial charge is 0.462 e. The number of phosphoric acid groups is 2. The highest BCUT2D eigenvalue weighted by Gasteiger charge is 2.46. The predicted molar refractivity (Wildman–Crippen MR) is 273 cm³/mol. The molecule has 1 aliphatic rings. The van der Waals surface area contributed by atoms with Crippen molar-refractivity contribution in [3.05, 3.63) is 71.4 Å². The fourth-order valence-electron chi connectivity index (χ4n) is 7.41. The van der Waals surface area contributed by atoms with E-state index in [1.165, 1.54) is 51.0 Å². The number of nitrogens with zero attached hydrogens (tertiary/aromatic N) is 2. The summed E-state index contributed by atoms with van der Waals surface area (Å²) in [7, 11) is -11.0. The molecule has 72 heavy (non-hydrogen) atoms. The molecule has 4 unspecified atom stereocenters. The van der Waals surface area contributed by atoms with E-state index in [0.29, 0.717) is 12.8 Å². The van der Waals surface area contributed by atoms with Crippen LogP contribution in [0.15, 0.2) is 65.7 Å². The molecule has 0 spiro atoms. The molecule has 412 valence electrons. The fourth-order valence-corrected chi connectivity index (χ4v) is 9.52. The van der Waals surface area contributed by atoms with Crippen LogP contribution in [0.2, 0.25) is 0 Å². The minimum Gasteiger partial charge on any atom is -0.462 e. The van der Waals surface area contributed by atoms with E-state index in [1.807, 2.05) is 12.2 Å². The van der Waals surface area contributed by atoms with E-state index in [2.05, 4.69) is 53.5 Å². The molecule has 1 fully saturated rings. The van der Waals surface area contributed by atoms with Gasteiger partial charge in [0.1, 0.15) is 30.7 Å². The molecule has 0 bridgehead atoms. The van der Waals surface area contributed by atoms with Gasteiger partial charge in [0.2, 0.25) is 0 Å². The Morgan fingerprint density at radius 1 is 0.722 bits per heavy atom. The Morgan fingerprint density at radius 2 is 1.26 bits per heavy atom. The topological polar surface area (TPSA) is 306 Å². The van der Waals surface area contributed by atoms with Gasteiger partial charge in [-0.15, -0.1) is 0 Å². The van der Waals surface area contributed by atoms with Crippen LogP contribution in [0.1, 0.15) is 174 Å². The van der Waals surface area contributed by atoms with Crippen molar-refractivity contribution >= 4 is 33.4 Å². The molecule has 9 atom stereocenters. The maximum Gasteiger partial charge on any atom is 0.481 e. The third-order valence-electron chi connectivity index (χ3n) is 11.6. The first-order chi connectivity index (χ1) is 34.5. The standard InChI is InChI=1S/C50H85N3O17P2/c1-3-5-7-9-11-13-15-17-18-19-21-23-25-27-29-33-45(56)65-37-40(68-46(57)34-30-32-42(55)41(54)31-28-26-24-22-20-16-14-12-10-8-6-4-2)38-66-71(61,62)70-72(63,64)67-39-43-47(58)48(59)49(69-43)53-36-35-44(51)52-50(53)60/h12-15,20,22,26,28,35-36,40-43,47-49,54-55,58-59H,3-11,16-19,21,23-25,27,29-34,37-39H2,1-2H3,(H,61,62)(H,63,64)(H2,51,52,60)/b14-12-,15-13-,22-20-,28-26-/t40-,41?,42?,43-,47-,48-,49-/m1/s1. The van der Waals surface area contributed by atoms with Crippen LogP contribution >= 0.6 is 15.6 Å². The Labute approximate surface area is 425 Å². The summed E-state index contributed by atoms with van der Waals surface area (Å²) in [6, 6.07) is 1.23. The van der Waals surface area contributed by atoms with Crippen molar-refractivity contribution in [2.75, 3.05) is 25.6 Å². The Bertz CT molecular complexity index is 1930. The largest absolute Gasteiger partial charge is 0.481 e. The molecule has 1 aliphatic heterocycles. The molecular weight excluding hydrogens is 977 g/mol. The van der Waals surface area contributed by atoms with Crippen molar-refractivity contribution in [1.82, 2.24) is 9.55 Å². The van der Waals surface area contributed by atoms with Gasteiger partial charge in [-0.05, 0) is 83.1 Å². The molecule has 1 aromatic rings. The van der Waals surface area contributed by atoms with Gasteiger partial charge in [0.15, 0.2) is 12.3 Å². The SMILES string of the molecule is CCCCC/C=C\C/C=C\C/C=C\CC(O)C(O)CCCC(=O)O[C@H](COC(=O)CCCCCCCCC/C=C\CCCCCC)COP(=O)(O)OP(=O)(O)OC[C@H]1O[C@@H](n2ccc(N)nc2=O)[C@H](O)[C@@H]1O. The molecule has 0 amide bonds. The molecular formula is C50H85N3O17P2. The quantitative estimate of drug-likeness (QED) is 0.0140. The van der Waals surface area contributed by atoms with Crippen molar-refractivity contribution in [1.29, 1.82) is 0 Å². The lowest BCUT2D eigenvalue weighted by Gasteiger charge is -2.22. The van der Waals surface area contributed by atoms with E-state index in [-0.39, 0.29) is 37.9 Å². The zero-order valence-corrected chi connectivity index (χ0v) is 44.2. The summed E-state index contributed by atoms with van der Waals surface area (Å²) in [4.78, 5) is 62.0. The molecule has 0 radical (unpaired) electrons. The van der Waals surface area contributed by atoms with Gasteiger partial charge < -0.3 is 50.2 Å². The number of aliphatic hydroxyl groups excluding tert-OH is 4. The predicted octanol–water partition coefficient (Wildman–Crippen LogP) is 8.50. The van der Waals surface area contributed by atoms with E-state index >= 15 is 0 Å². The summed E-state index contributed by atoms with van der Waals surface area (Å²) in [5, 5.41) is 41.8. The average Bonchev–Trinajstić information content (AvgIpc) is 3.61. The number of unbranched alkanes of at least 4 members (excludes halogenated alkanes) is 14. The number of allylic oxidation sites excluding steroid dienone is 7. The maximum atomic E-state index is 12.9. The Kier molecular flexibility index (Phi) is 34.4. The zero-order chi connectivity index (χ0) is 53.0. The number of ether oxygens (including phenoxy) is 3. The number of anilines is 1. The number of hydrogen-bond donors (Lipinski definition) is 7. The number of nitrogen functional groups attached to an aromatic ring is 1. The van der Waals surface area contributed by atoms with Gasteiger partial charge in [-0.3, -0.25) is 23.2 Å². The van der Waals surface area contributed by atoms with Gasteiger partial charge in [0, 0.05) is 19.0 Å². The molecule has 20 nitrogen and oxygen atoms in total. The van der Waals surface area contributed by atoms with Crippen LogP contribution in [-0.2, 0) is 46.3 Å². The second kappa shape index (κ2) is 38.2. The number of nitrogens with two attached hydrogens (primary N) is 1. The molecule has 0 aliphatic carbocycles. The van der Waals surface area contributed by atoms with Crippen LogP contribution in [0.5, 0.6) is 0 Å². The van der Waals surface area contributed by atoms with Crippen LogP contribution < -0.4 is 11.4 Å². The molecule has 2 rings (SSSR count). The first-order valence-electron chi connectivity index (χ1n) is 25.8. The Hall–Kier alpha value is -3.36. The van der Waals surface area contributed by atoms with Crippen LogP contribution in [0.4, 0.5) is 5.82 Å². The van der Waals surface area contributed by atoms with Gasteiger partial charge >= 0.3 is 33.3 Å². The highest BCUT2D eigenvalue weighted by molar-refractivity contribution is 7.61. The maximum absolute atomic E-state index is 12.9. The minimum absolute atomic E-state index is 0.0342. The molecule has 0 saturated carbocycles. The molecule has 22 heteroatoms. The number of rotatable bonds is 42. The number of carbonyl (C=O) groups is 2. The van der Waals surface area contributed by atoms with E-state index < -0.39 is 95.9 Å². The fraction of sp³-hybridized carbons (Fsp3) is 0.720. The lowest BCUT2D eigenvalue weighted by molar-refractivity contribution is -0.161. The molecule has 1 aromatic heterocycles. The summed E-state index contributed by atoms with van der Waals surface area (Å²) in [6.07, 6.45) is 27.7. The number of phosphoric ester groups is 2. The van der Waals surface area contributed by atoms with Gasteiger partial charge in [0.05, 0.1) is 25.4 Å². The second-order valence-corrected chi connectivity index (χ2v) is 21.0. The van der Waals surface area contributed by atoms with Crippen LogP contribution in [0.3, 0.4) is 0 Å². The Balaban J connectivity index is 1.87. The molecule has 1 saturated heterocycles. The summed E-state index contributed by atoms with van der Waals surface area (Å²) in [6.45, 7) is 1.83. The monoisotopic (exact) mass is 1060 g/mol. The molecule has 8 N–H and O–H groups in total. The van der Waals surface area contributed by atoms with Gasteiger partial charge in [-0.2, -0.15) is 9.29 Å². The van der Waals surface area contributed by atoms with E-state index in [4.69, 9.17) is 29.0 Å². The average molecular weight is 1060 g/mol. The van der Waals surface area contributed by atoms with Crippen molar-refractivity contribution < 1.29 is 76.5 Å². The number of aromatic nitrogens is 2. The van der Waals surface area contributed by atoms with E-state index in [9.17, 15) is 53.7 Å². The summed E-state index contributed by atoms with van der Waals surface area (Å²) >= 11 is 0. The second-order valence-electron chi connectivity index (χ2n) is 18.0. The van der Waals surface area contributed by atoms with Gasteiger partial charge in [-0.1, -0.05) is 127 Å². The van der Waals surface area contributed by atoms with Crippen molar-refractivity contribution in [3.63, 3.8) is 0 Å². The van der Waals surface area contributed by atoms with Crippen molar-refractivity contribution in [3.8, 4) is 0 Å². The van der Waals surface area contributed by atoms with Crippen LogP contribution in [-0.4, -0.2) is 108 Å². The normalized spacial score (nSPS) is 20.3. The number of hydrogen-bond acceptors (Lipinski definition) is 17. The van der Waals surface area contributed by atoms with Crippen molar-refractivity contribution in [2.45, 2.75) is 211 Å². The van der Waals surface area contributed by atoms with Gasteiger partial charge in [0.25, 0.3) is 0 Å². The minimum atomic E-state index is -5.50. The summed E-state index contributed by atoms with van der Waals surface area (Å²) in [5.74, 6) is -1.60.